The van der Waals surface area contributed by atoms with Crippen molar-refractivity contribution in [2.24, 2.45) is 0 Å². The van der Waals surface area contributed by atoms with Gasteiger partial charge >= 0.3 is 0 Å². The van der Waals surface area contributed by atoms with Crippen LogP contribution in [0.5, 0.6) is 17.2 Å². The van der Waals surface area contributed by atoms with Crippen LogP contribution in [0.25, 0.3) is 22.9 Å². The Balaban J connectivity index is 1.88. The van der Waals surface area contributed by atoms with E-state index in [0.717, 1.165) is 22.6 Å². The van der Waals surface area contributed by atoms with E-state index in [4.69, 9.17) is 14.2 Å². The maximum absolute atomic E-state index is 9.62. The number of hydrogen-bond donors (Lipinski definition) is 0. The molecule has 0 spiro atoms. The van der Waals surface area contributed by atoms with Crippen LogP contribution >= 0.6 is 11.3 Å². The minimum Gasteiger partial charge on any atom is -0.494 e. The van der Waals surface area contributed by atoms with Crippen molar-refractivity contribution < 1.29 is 14.2 Å². The molecule has 0 N–H and O–H groups in total. The number of aromatic nitrogens is 1. The molecule has 0 radical (unpaired) electrons. The average Bonchev–Trinajstić information content (AvgIpc) is 3.22. The van der Waals surface area contributed by atoms with Gasteiger partial charge in [-0.1, -0.05) is 6.07 Å². The summed E-state index contributed by atoms with van der Waals surface area (Å²) in [7, 11) is 3.17. The van der Waals surface area contributed by atoms with E-state index in [1.807, 2.05) is 54.8 Å². The lowest BCUT2D eigenvalue weighted by atomic mass is 10.1. The Kier molecular flexibility index (Phi) is 6.30. The van der Waals surface area contributed by atoms with Crippen molar-refractivity contribution in [1.29, 1.82) is 5.26 Å². The molecule has 0 atom stereocenters. The molecule has 0 saturated carbocycles. The lowest BCUT2D eigenvalue weighted by molar-refractivity contribution is 0.340. The number of methoxy groups -OCH3 is 2. The number of allylic oxidation sites excluding steroid dienone is 1. The summed E-state index contributed by atoms with van der Waals surface area (Å²) in [5, 5.41) is 12.2. The summed E-state index contributed by atoms with van der Waals surface area (Å²) in [5.41, 5.74) is 3.15. The van der Waals surface area contributed by atoms with Crippen LogP contribution in [-0.2, 0) is 0 Å². The van der Waals surface area contributed by atoms with E-state index in [0.29, 0.717) is 28.7 Å². The number of nitriles is 1. The molecule has 5 nitrogen and oxygen atoms in total. The smallest absolute Gasteiger partial charge is 0.161 e. The van der Waals surface area contributed by atoms with E-state index in [1.54, 1.807) is 20.3 Å². The minimum atomic E-state index is 0.495. The SMILES string of the molecule is CCOc1ccc(-c2csc(C(C#N)=Cc3ccc(OC)c(OC)c3)n2)cc1. The van der Waals surface area contributed by atoms with Crippen LogP contribution in [0.4, 0.5) is 0 Å². The topological polar surface area (TPSA) is 64.4 Å². The van der Waals surface area contributed by atoms with Gasteiger partial charge < -0.3 is 14.2 Å². The standard InChI is InChI=1S/C22H20N2O3S/c1-4-27-18-8-6-16(7-9-18)19-14-28-22(24-19)17(13-23)11-15-5-10-20(25-2)21(12-15)26-3/h5-12,14H,4H2,1-3H3. The quantitative estimate of drug-likeness (QED) is 0.511. The van der Waals surface area contributed by atoms with Gasteiger partial charge in [-0.05, 0) is 55.0 Å². The summed E-state index contributed by atoms with van der Waals surface area (Å²) in [6.07, 6.45) is 1.79. The highest BCUT2D eigenvalue weighted by Gasteiger charge is 2.10. The summed E-state index contributed by atoms with van der Waals surface area (Å²) in [5.74, 6) is 2.08. The van der Waals surface area contributed by atoms with Crippen LogP contribution in [0.2, 0.25) is 0 Å². The molecule has 0 aliphatic heterocycles. The van der Waals surface area contributed by atoms with Gasteiger partial charge in [-0.2, -0.15) is 5.26 Å². The number of rotatable bonds is 7. The van der Waals surface area contributed by atoms with Crippen molar-refractivity contribution in [2.45, 2.75) is 6.92 Å². The lowest BCUT2D eigenvalue weighted by Gasteiger charge is -2.07. The van der Waals surface area contributed by atoms with Crippen molar-refractivity contribution in [2.75, 3.05) is 20.8 Å². The van der Waals surface area contributed by atoms with Crippen LogP contribution in [0.3, 0.4) is 0 Å². The first kappa shape index (κ1) is 19.5. The Bertz CT molecular complexity index is 1020. The summed E-state index contributed by atoms with van der Waals surface area (Å²) in [6, 6.07) is 15.5. The van der Waals surface area contributed by atoms with E-state index < -0.39 is 0 Å². The third kappa shape index (κ3) is 4.33. The molecule has 6 heteroatoms. The van der Waals surface area contributed by atoms with Gasteiger partial charge in [0.05, 0.1) is 32.1 Å². The maximum Gasteiger partial charge on any atom is 0.161 e. The molecule has 1 heterocycles. The van der Waals surface area contributed by atoms with Crippen LogP contribution < -0.4 is 14.2 Å². The second-order valence-electron chi connectivity index (χ2n) is 5.78. The number of thiazole rings is 1. The Morgan fingerprint density at radius 3 is 2.50 bits per heavy atom. The van der Waals surface area contributed by atoms with E-state index in [1.165, 1.54) is 11.3 Å². The van der Waals surface area contributed by atoms with Crippen molar-refractivity contribution in [1.82, 2.24) is 4.98 Å². The Labute approximate surface area is 168 Å². The zero-order valence-electron chi connectivity index (χ0n) is 15.9. The highest BCUT2D eigenvalue weighted by molar-refractivity contribution is 7.11. The predicted octanol–water partition coefficient (Wildman–Crippen LogP) is 5.29. The molecule has 2 aromatic carbocycles. The van der Waals surface area contributed by atoms with Crippen LogP contribution in [0.1, 0.15) is 17.5 Å². The molecule has 0 aliphatic rings. The van der Waals surface area contributed by atoms with E-state index >= 15 is 0 Å². The number of nitrogens with zero attached hydrogens (tertiary/aromatic N) is 2. The molecule has 0 fully saturated rings. The number of hydrogen-bond acceptors (Lipinski definition) is 6. The number of benzene rings is 2. The molecule has 0 bridgehead atoms. The van der Waals surface area contributed by atoms with Crippen molar-refractivity contribution >= 4 is 23.0 Å². The molecule has 3 aromatic rings. The highest BCUT2D eigenvalue weighted by Crippen LogP contribution is 2.31. The van der Waals surface area contributed by atoms with E-state index in [-0.39, 0.29) is 0 Å². The van der Waals surface area contributed by atoms with E-state index in [2.05, 4.69) is 11.1 Å². The third-order valence-electron chi connectivity index (χ3n) is 4.03. The van der Waals surface area contributed by atoms with Gasteiger partial charge in [0, 0.05) is 10.9 Å². The molecule has 3 rings (SSSR count). The zero-order chi connectivity index (χ0) is 19.9. The van der Waals surface area contributed by atoms with E-state index in [9.17, 15) is 5.26 Å². The fourth-order valence-electron chi connectivity index (χ4n) is 2.67. The maximum atomic E-state index is 9.62. The van der Waals surface area contributed by atoms with Crippen molar-refractivity contribution in [3.63, 3.8) is 0 Å². The first-order chi connectivity index (χ1) is 13.7. The minimum absolute atomic E-state index is 0.495. The van der Waals surface area contributed by atoms with Crippen LogP contribution in [-0.4, -0.2) is 25.8 Å². The monoisotopic (exact) mass is 392 g/mol. The first-order valence-corrected chi connectivity index (χ1v) is 9.59. The number of ether oxygens (including phenoxy) is 3. The van der Waals surface area contributed by atoms with Gasteiger partial charge in [-0.3, -0.25) is 0 Å². The largest absolute Gasteiger partial charge is 0.494 e. The third-order valence-corrected chi connectivity index (χ3v) is 4.91. The first-order valence-electron chi connectivity index (χ1n) is 8.71. The second-order valence-corrected chi connectivity index (χ2v) is 6.64. The molecule has 0 amide bonds. The summed E-state index contributed by atoms with van der Waals surface area (Å²) in [4.78, 5) is 4.63. The molecule has 0 saturated heterocycles. The van der Waals surface area contributed by atoms with Crippen molar-refractivity contribution in [3.05, 3.63) is 58.4 Å². The second kappa shape index (κ2) is 9.07. The Morgan fingerprint density at radius 2 is 1.86 bits per heavy atom. The van der Waals surface area contributed by atoms with Gasteiger partial charge in [0.1, 0.15) is 16.8 Å². The molecular weight excluding hydrogens is 372 g/mol. The molecular formula is C22H20N2O3S. The van der Waals surface area contributed by atoms with Crippen LogP contribution in [0.15, 0.2) is 47.8 Å². The molecule has 0 unspecified atom stereocenters. The lowest BCUT2D eigenvalue weighted by Crippen LogP contribution is -1.91. The fraction of sp³-hybridized carbons (Fsp3) is 0.182. The summed E-state index contributed by atoms with van der Waals surface area (Å²) in [6.45, 7) is 2.58. The molecule has 142 valence electrons. The van der Waals surface area contributed by atoms with Crippen molar-refractivity contribution in [3.8, 4) is 34.6 Å². The fourth-order valence-corrected chi connectivity index (χ4v) is 3.46. The van der Waals surface area contributed by atoms with Gasteiger partial charge in [-0.25, -0.2) is 4.98 Å². The zero-order valence-corrected chi connectivity index (χ0v) is 16.7. The van der Waals surface area contributed by atoms with Gasteiger partial charge in [-0.15, -0.1) is 11.3 Å². The Morgan fingerprint density at radius 1 is 1.11 bits per heavy atom. The summed E-state index contributed by atoms with van der Waals surface area (Å²) >= 11 is 1.44. The van der Waals surface area contributed by atoms with Gasteiger partial charge in [0.25, 0.3) is 0 Å². The highest BCUT2D eigenvalue weighted by atomic mass is 32.1. The predicted molar refractivity (Wildman–Crippen MR) is 112 cm³/mol. The molecule has 28 heavy (non-hydrogen) atoms. The normalized spacial score (nSPS) is 11.0. The average molecular weight is 392 g/mol. The van der Waals surface area contributed by atoms with Gasteiger partial charge in [0.2, 0.25) is 0 Å². The summed E-state index contributed by atoms with van der Waals surface area (Å²) < 4.78 is 16.0. The Hall–Kier alpha value is -3.30. The molecule has 1 aromatic heterocycles. The van der Waals surface area contributed by atoms with Gasteiger partial charge in [0.15, 0.2) is 11.5 Å². The molecule has 0 aliphatic carbocycles. The van der Waals surface area contributed by atoms with Crippen LogP contribution in [0, 0.1) is 11.3 Å².